The molecule has 1 unspecified atom stereocenters. The van der Waals surface area contributed by atoms with E-state index >= 15 is 0 Å². The molecule has 0 aliphatic carbocycles. The van der Waals surface area contributed by atoms with Crippen LogP contribution in [0.25, 0.3) is 0 Å². The highest BCUT2D eigenvalue weighted by Crippen LogP contribution is 2.17. The Morgan fingerprint density at radius 1 is 1.56 bits per heavy atom. The van der Waals surface area contributed by atoms with Gasteiger partial charge in [-0.25, -0.2) is 4.79 Å². The van der Waals surface area contributed by atoms with Gasteiger partial charge in [0.2, 0.25) is 5.91 Å². The summed E-state index contributed by atoms with van der Waals surface area (Å²) < 4.78 is 0. The second-order valence-electron chi connectivity index (χ2n) is 3.84. The van der Waals surface area contributed by atoms with E-state index in [1.807, 2.05) is 17.5 Å². The topological polar surface area (TPSA) is 57.6 Å². The van der Waals surface area contributed by atoms with E-state index in [1.54, 1.807) is 25.3 Å². The van der Waals surface area contributed by atoms with Gasteiger partial charge < -0.3 is 10.0 Å². The average molecular weight is 287 g/mol. The summed E-state index contributed by atoms with van der Waals surface area (Å²) >= 11 is 3.17. The lowest BCUT2D eigenvalue weighted by Crippen LogP contribution is -2.42. The smallest absolute Gasteiger partial charge is 0.326 e. The molecule has 6 heteroatoms. The first kappa shape index (κ1) is 15.0. The molecule has 1 aromatic rings. The molecule has 1 heterocycles. The zero-order valence-electron chi connectivity index (χ0n) is 10.5. The summed E-state index contributed by atoms with van der Waals surface area (Å²) in [4.78, 5) is 25.3. The van der Waals surface area contributed by atoms with Crippen LogP contribution in [0.2, 0.25) is 0 Å². The Morgan fingerprint density at radius 2 is 2.28 bits per heavy atom. The summed E-state index contributed by atoms with van der Waals surface area (Å²) in [5, 5.41) is 11.0. The highest BCUT2D eigenvalue weighted by atomic mass is 32.2. The maximum atomic E-state index is 11.8. The van der Waals surface area contributed by atoms with Crippen LogP contribution < -0.4 is 0 Å². The Morgan fingerprint density at radius 3 is 2.78 bits per heavy atom. The third-order valence-electron chi connectivity index (χ3n) is 2.58. The SMILES string of the molecule is CCC(C(=O)O)N(C)C(=O)CSCc1cccs1. The van der Waals surface area contributed by atoms with E-state index < -0.39 is 12.0 Å². The highest BCUT2D eigenvalue weighted by Gasteiger charge is 2.24. The molecule has 1 atom stereocenters. The molecule has 1 rings (SSSR count). The van der Waals surface area contributed by atoms with Crippen molar-refractivity contribution in [2.75, 3.05) is 12.8 Å². The third-order valence-corrected chi connectivity index (χ3v) is 4.61. The van der Waals surface area contributed by atoms with Crippen molar-refractivity contribution < 1.29 is 14.7 Å². The minimum atomic E-state index is -0.948. The van der Waals surface area contributed by atoms with Crippen molar-refractivity contribution >= 4 is 35.0 Å². The van der Waals surface area contributed by atoms with Gasteiger partial charge in [0, 0.05) is 17.7 Å². The first-order valence-corrected chi connectivity index (χ1v) is 7.68. The molecule has 1 N–H and O–H groups in total. The van der Waals surface area contributed by atoms with E-state index in [0.29, 0.717) is 12.2 Å². The molecule has 1 aromatic heterocycles. The fraction of sp³-hybridized carbons (Fsp3) is 0.500. The zero-order valence-corrected chi connectivity index (χ0v) is 12.1. The quantitative estimate of drug-likeness (QED) is 0.836. The van der Waals surface area contributed by atoms with Crippen molar-refractivity contribution in [3.05, 3.63) is 22.4 Å². The molecule has 4 nitrogen and oxygen atoms in total. The van der Waals surface area contributed by atoms with Crippen molar-refractivity contribution in [2.24, 2.45) is 0 Å². The van der Waals surface area contributed by atoms with Gasteiger partial charge in [0.1, 0.15) is 6.04 Å². The van der Waals surface area contributed by atoms with Crippen LogP contribution in [0.5, 0.6) is 0 Å². The Labute approximate surface area is 115 Å². The summed E-state index contributed by atoms with van der Waals surface area (Å²) in [7, 11) is 1.55. The monoisotopic (exact) mass is 287 g/mol. The minimum absolute atomic E-state index is 0.134. The van der Waals surface area contributed by atoms with Crippen LogP contribution >= 0.6 is 23.1 Å². The summed E-state index contributed by atoms with van der Waals surface area (Å²) in [5.74, 6) is 0.0293. The highest BCUT2D eigenvalue weighted by molar-refractivity contribution is 7.99. The van der Waals surface area contributed by atoms with Crippen molar-refractivity contribution in [1.29, 1.82) is 0 Å². The lowest BCUT2D eigenvalue weighted by molar-refractivity contribution is -0.148. The molecule has 0 radical (unpaired) electrons. The van der Waals surface area contributed by atoms with Crippen LogP contribution in [-0.2, 0) is 15.3 Å². The number of amides is 1. The fourth-order valence-electron chi connectivity index (χ4n) is 1.52. The van der Waals surface area contributed by atoms with Crippen LogP contribution in [0.15, 0.2) is 17.5 Å². The van der Waals surface area contributed by atoms with E-state index in [0.717, 1.165) is 5.75 Å². The van der Waals surface area contributed by atoms with Gasteiger partial charge in [-0.15, -0.1) is 23.1 Å². The molecule has 0 aromatic carbocycles. The maximum absolute atomic E-state index is 11.8. The van der Waals surface area contributed by atoms with E-state index in [4.69, 9.17) is 5.11 Å². The predicted molar refractivity (Wildman–Crippen MR) is 75.0 cm³/mol. The van der Waals surface area contributed by atoms with Gasteiger partial charge in [0.25, 0.3) is 0 Å². The first-order chi connectivity index (χ1) is 8.56. The van der Waals surface area contributed by atoms with Crippen molar-refractivity contribution in [1.82, 2.24) is 4.90 Å². The third kappa shape index (κ3) is 4.34. The number of carboxylic acid groups (broad SMARTS) is 1. The molecular weight excluding hydrogens is 270 g/mol. The average Bonchev–Trinajstić information content (AvgIpc) is 2.82. The van der Waals surface area contributed by atoms with Crippen LogP contribution in [-0.4, -0.2) is 40.7 Å². The zero-order chi connectivity index (χ0) is 13.5. The lowest BCUT2D eigenvalue weighted by atomic mass is 10.2. The second kappa shape index (κ2) is 7.43. The molecular formula is C12H17NO3S2. The fourth-order valence-corrected chi connectivity index (χ4v) is 3.31. The van der Waals surface area contributed by atoms with Crippen molar-refractivity contribution in [2.45, 2.75) is 25.1 Å². The number of carboxylic acids is 1. The standard InChI is InChI=1S/C12H17NO3S2/c1-3-10(12(15)16)13(2)11(14)8-17-7-9-5-4-6-18-9/h4-6,10H,3,7-8H2,1-2H3,(H,15,16). The van der Waals surface area contributed by atoms with Gasteiger partial charge in [-0.2, -0.15) is 0 Å². The number of carbonyl (C=O) groups excluding carboxylic acids is 1. The second-order valence-corrected chi connectivity index (χ2v) is 5.86. The van der Waals surface area contributed by atoms with Gasteiger partial charge in [-0.05, 0) is 17.9 Å². The Kier molecular flexibility index (Phi) is 6.21. The molecule has 0 fully saturated rings. The van der Waals surface area contributed by atoms with Crippen molar-refractivity contribution in [3.8, 4) is 0 Å². The Hall–Kier alpha value is -1.01. The molecule has 100 valence electrons. The maximum Gasteiger partial charge on any atom is 0.326 e. The largest absolute Gasteiger partial charge is 0.480 e. The molecule has 0 saturated carbocycles. The number of thiophene rings is 1. The molecule has 0 saturated heterocycles. The predicted octanol–water partition coefficient (Wildman–Crippen LogP) is 2.30. The normalized spacial score (nSPS) is 12.1. The number of nitrogens with zero attached hydrogens (tertiary/aromatic N) is 1. The number of aliphatic carboxylic acids is 1. The van der Waals surface area contributed by atoms with E-state index in [1.165, 1.54) is 21.5 Å². The molecule has 0 bridgehead atoms. The van der Waals surface area contributed by atoms with Gasteiger partial charge in [-0.1, -0.05) is 13.0 Å². The minimum Gasteiger partial charge on any atom is -0.480 e. The molecule has 0 spiro atoms. The van der Waals surface area contributed by atoms with Gasteiger partial charge >= 0.3 is 5.97 Å². The molecule has 0 aliphatic rings. The number of hydrogen-bond acceptors (Lipinski definition) is 4. The van der Waals surface area contributed by atoms with Gasteiger partial charge in [-0.3, -0.25) is 4.79 Å². The molecule has 1 amide bonds. The van der Waals surface area contributed by atoms with Gasteiger partial charge in [0.05, 0.1) is 5.75 Å². The molecule has 18 heavy (non-hydrogen) atoms. The Balaban J connectivity index is 2.37. The van der Waals surface area contributed by atoms with Crippen LogP contribution in [0.1, 0.15) is 18.2 Å². The van der Waals surface area contributed by atoms with Crippen molar-refractivity contribution in [3.63, 3.8) is 0 Å². The van der Waals surface area contributed by atoms with Crippen LogP contribution in [0.4, 0.5) is 0 Å². The molecule has 0 aliphatic heterocycles. The summed E-state index contributed by atoms with van der Waals surface area (Å²) in [6.45, 7) is 1.77. The summed E-state index contributed by atoms with van der Waals surface area (Å²) in [6, 6.07) is 3.28. The number of likely N-dealkylation sites (N-methyl/N-ethyl adjacent to an activating group) is 1. The van der Waals surface area contributed by atoms with E-state index in [2.05, 4.69) is 0 Å². The van der Waals surface area contributed by atoms with E-state index in [9.17, 15) is 9.59 Å². The first-order valence-electron chi connectivity index (χ1n) is 5.64. The summed E-state index contributed by atoms with van der Waals surface area (Å²) in [6.07, 6.45) is 0.424. The van der Waals surface area contributed by atoms with Gasteiger partial charge in [0.15, 0.2) is 0 Å². The lowest BCUT2D eigenvalue weighted by Gasteiger charge is -2.23. The Bertz CT molecular complexity index is 392. The number of thioether (sulfide) groups is 1. The van der Waals surface area contributed by atoms with Crippen LogP contribution in [0.3, 0.4) is 0 Å². The number of carbonyl (C=O) groups is 2. The van der Waals surface area contributed by atoms with E-state index in [-0.39, 0.29) is 5.91 Å². The summed E-state index contributed by atoms with van der Waals surface area (Å²) in [5.41, 5.74) is 0. The van der Waals surface area contributed by atoms with Crippen LogP contribution in [0, 0.1) is 0 Å². The number of hydrogen-bond donors (Lipinski definition) is 1. The number of rotatable bonds is 7.